The zero-order valence-electron chi connectivity index (χ0n) is 32.6. The first kappa shape index (κ1) is 40.8. The number of ether oxygens (including phenoxy) is 2. The Hall–Kier alpha value is -4.00. The van der Waals surface area contributed by atoms with Crippen molar-refractivity contribution >= 4 is 64.0 Å². The molecule has 7 nitrogen and oxygen atoms in total. The van der Waals surface area contributed by atoms with E-state index in [1.807, 2.05) is 66.7 Å². The van der Waals surface area contributed by atoms with Crippen molar-refractivity contribution in [1.82, 2.24) is 4.90 Å². The van der Waals surface area contributed by atoms with Gasteiger partial charge in [-0.1, -0.05) is 92.5 Å². The zero-order chi connectivity index (χ0) is 40.3. The molecule has 2 amide bonds. The highest BCUT2D eigenvalue weighted by Crippen LogP contribution is 2.41. The van der Waals surface area contributed by atoms with Gasteiger partial charge in [0.1, 0.15) is 11.6 Å². The van der Waals surface area contributed by atoms with Crippen LogP contribution in [0, 0.1) is 18.6 Å². The Bertz CT molecular complexity index is 2270. The Morgan fingerprint density at radius 3 is 1.97 bits per heavy atom. The van der Waals surface area contributed by atoms with Crippen LogP contribution in [-0.2, 0) is 38.6 Å². The normalized spacial score (nSPS) is 20.4. The summed E-state index contributed by atoms with van der Waals surface area (Å²) in [6.45, 7) is 5.81. The Balaban J connectivity index is 0.901. The van der Waals surface area contributed by atoms with E-state index < -0.39 is 0 Å². The van der Waals surface area contributed by atoms with Gasteiger partial charge in [-0.3, -0.25) is 14.5 Å². The molecule has 58 heavy (non-hydrogen) atoms. The highest BCUT2D eigenvalue weighted by molar-refractivity contribution is 9.15. The maximum atomic E-state index is 15.8. The maximum Gasteiger partial charge on any atom is 0.231 e. The van der Waals surface area contributed by atoms with E-state index in [9.17, 15) is 14.0 Å². The van der Waals surface area contributed by atoms with Crippen LogP contribution in [0.25, 0.3) is 8.96 Å². The summed E-state index contributed by atoms with van der Waals surface area (Å²) in [5.41, 5.74) is 7.88. The molecule has 2 fully saturated rings. The standard InChI is InChI=1S/C47H47Br2F2N3O4/c1-30-12-13-31(20-40(30)50)26-54-43-11-5-3-9-39(43)47(49)35(24-45(54)56)29-58-36-16-19-57-37(25-36)22-33-15-14-32(21-41(33)51)27-53-42-10-4-2-8-38(42)46(48)34(23-44(53)55)28-52-17-6-7-18-52/h2-5,8-15,20-21,36-37H,6-7,16-19,22-29H2,1H3. The van der Waals surface area contributed by atoms with E-state index in [1.165, 1.54) is 18.9 Å². The molecule has 4 aromatic carbocycles. The second-order valence-corrected chi connectivity index (χ2v) is 17.4. The number of carbonyl (C=O) groups is 2. The summed E-state index contributed by atoms with van der Waals surface area (Å²) in [5, 5.41) is 0. The van der Waals surface area contributed by atoms with Crippen LogP contribution in [0.3, 0.4) is 0 Å². The molecule has 302 valence electrons. The third-order valence-electron chi connectivity index (χ3n) is 11.7. The number of para-hydroxylation sites is 2. The summed E-state index contributed by atoms with van der Waals surface area (Å²) < 4.78 is 44.6. The number of anilines is 2. The van der Waals surface area contributed by atoms with Crippen molar-refractivity contribution in [3.8, 4) is 0 Å². The molecule has 11 heteroatoms. The molecule has 0 radical (unpaired) electrons. The topological polar surface area (TPSA) is 62.3 Å². The Morgan fingerprint density at radius 2 is 1.33 bits per heavy atom. The predicted molar refractivity (Wildman–Crippen MR) is 232 cm³/mol. The number of benzene rings is 4. The van der Waals surface area contributed by atoms with Gasteiger partial charge in [0.2, 0.25) is 11.8 Å². The van der Waals surface area contributed by atoms with Gasteiger partial charge in [0.05, 0.1) is 56.1 Å². The minimum atomic E-state index is -0.323. The van der Waals surface area contributed by atoms with Crippen LogP contribution in [0.15, 0.2) is 96.1 Å². The van der Waals surface area contributed by atoms with Crippen LogP contribution in [0.5, 0.6) is 0 Å². The van der Waals surface area contributed by atoms with Gasteiger partial charge in [-0.05, 0) is 96.9 Å². The number of hydrogen-bond donors (Lipinski definition) is 0. The lowest BCUT2D eigenvalue weighted by Gasteiger charge is -2.30. The highest BCUT2D eigenvalue weighted by Gasteiger charge is 2.31. The molecule has 0 aromatic heterocycles. The number of hydrogen-bond acceptors (Lipinski definition) is 5. The quantitative estimate of drug-likeness (QED) is 0.150. The van der Waals surface area contributed by atoms with Gasteiger partial charge < -0.3 is 19.3 Å². The van der Waals surface area contributed by atoms with E-state index in [0.29, 0.717) is 49.0 Å². The largest absolute Gasteiger partial charge is 0.378 e. The molecular weight excluding hydrogens is 868 g/mol. The first-order valence-corrected chi connectivity index (χ1v) is 21.7. The molecule has 8 rings (SSSR count). The summed E-state index contributed by atoms with van der Waals surface area (Å²) in [5.74, 6) is -0.715. The molecule has 2 saturated heterocycles. The second kappa shape index (κ2) is 18.1. The van der Waals surface area contributed by atoms with Gasteiger partial charge in [-0.15, -0.1) is 0 Å². The van der Waals surface area contributed by atoms with Crippen molar-refractivity contribution < 1.29 is 27.8 Å². The van der Waals surface area contributed by atoms with Crippen molar-refractivity contribution in [3.05, 3.63) is 141 Å². The Morgan fingerprint density at radius 1 is 0.741 bits per heavy atom. The van der Waals surface area contributed by atoms with Gasteiger partial charge in [0, 0.05) is 46.1 Å². The molecule has 0 bridgehead atoms. The van der Waals surface area contributed by atoms with Gasteiger partial charge in [0.25, 0.3) is 0 Å². The zero-order valence-corrected chi connectivity index (χ0v) is 35.8. The Labute approximate surface area is 355 Å². The van der Waals surface area contributed by atoms with Crippen molar-refractivity contribution in [3.63, 3.8) is 0 Å². The van der Waals surface area contributed by atoms with E-state index in [1.54, 1.807) is 28.9 Å². The summed E-state index contributed by atoms with van der Waals surface area (Å²) in [6, 6.07) is 26.0. The molecule has 4 aromatic rings. The minimum absolute atomic E-state index is 0.00120. The van der Waals surface area contributed by atoms with Gasteiger partial charge >= 0.3 is 0 Å². The van der Waals surface area contributed by atoms with E-state index >= 15 is 4.39 Å². The molecule has 2 atom stereocenters. The number of nitrogens with zero attached hydrogens (tertiary/aromatic N) is 3. The van der Waals surface area contributed by atoms with Crippen molar-refractivity contribution in [2.75, 3.05) is 42.6 Å². The first-order chi connectivity index (χ1) is 28.1. The van der Waals surface area contributed by atoms with Crippen molar-refractivity contribution in [2.24, 2.45) is 0 Å². The molecule has 2 unspecified atom stereocenters. The first-order valence-electron chi connectivity index (χ1n) is 20.1. The smallest absolute Gasteiger partial charge is 0.231 e. The summed E-state index contributed by atoms with van der Waals surface area (Å²) in [7, 11) is 0. The summed E-state index contributed by atoms with van der Waals surface area (Å²) >= 11 is 7.64. The van der Waals surface area contributed by atoms with Crippen LogP contribution in [0.2, 0.25) is 0 Å². The number of rotatable bonds is 11. The number of amides is 2. The van der Waals surface area contributed by atoms with E-state index in [0.717, 1.165) is 67.8 Å². The van der Waals surface area contributed by atoms with Crippen LogP contribution in [-0.4, -0.2) is 61.8 Å². The van der Waals surface area contributed by atoms with Crippen LogP contribution < -0.4 is 9.80 Å². The summed E-state index contributed by atoms with van der Waals surface area (Å²) in [6.07, 6.45) is 4.11. The van der Waals surface area contributed by atoms with Crippen LogP contribution in [0.1, 0.15) is 71.9 Å². The lowest BCUT2D eigenvalue weighted by atomic mass is 9.98. The van der Waals surface area contributed by atoms with E-state index in [2.05, 4.69) is 36.8 Å². The average molecular weight is 916 g/mol. The lowest BCUT2D eigenvalue weighted by Crippen LogP contribution is -2.33. The van der Waals surface area contributed by atoms with Gasteiger partial charge in [0.15, 0.2) is 0 Å². The molecule has 4 heterocycles. The van der Waals surface area contributed by atoms with Crippen molar-refractivity contribution in [2.45, 2.75) is 77.2 Å². The third kappa shape index (κ3) is 9.09. The minimum Gasteiger partial charge on any atom is -0.378 e. The fourth-order valence-electron chi connectivity index (χ4n) is 8.50. The number of aryl methyl sites for hydroxylation is 1. The average Bonchev–Trinajstić information content (AvgIpc) is 3.69. The fraction of sp³-hybridized carbons (Fsp3) is 0.362. The van der Waals surface area contributed by atoms with Crippen LogP contribution in [0.4, 0.5) is 20.2 Å². The van der Waals surface area contributed by atoms with Crippen LogP contribution >= 0.6 is 31.9 Å². The van der Waals surface area contributed by atoms with E-state index in [4.69, 9.17) is 9.47 Å². The molecular formula is C47H47Br2F2N3O4. The Kier molecular flexibility index (Phi) is 12.7. The number of carbonyl (C=O) groups excluding carboxylic acids is 2. The molecule has 0 N–H and O–H groups in total. The number of likely N-dealkylation sites (tertiary alicyclic amines) is 1. The number of halogens is 4. The molecule has 0 saturated carbocycles. The second-order valence-electron chi connectivity index (χ2n) is 15.8. The predicted octanol–water partition coefficient (Wildman–Crippen LogP) is 10.3. The summed E-state index contributed by atoms with van der Waals surface area (Å²) in [4.78, 5) is 33.5. The molecule has 0 aliphatic carbocycles. The SMILES string of the molecule is Cc1ccc(CN2C(=O)CC(COC3CCOC(Cc4ccc(CN5C(=O)CC(CN6CCCC6)=C(Br)c6ccccc65)cc4F)C3)=C(Br)c3ccccc32)cc1F. The lowest BCUT2D eigenvalue weighted by molar-refractivity contribution is -0.119. The van der Waals surface area contributed by atoms with Crippen molar-refractivity contribution in [1.29, 1.82) is 0 Å². The van der Waals surface area contributed by atoms with Gasteiger partial charge in [-0.25, -0.2) is 8.78 Å². The van der Waals surface area contributed by atoms with E-state index in [-0.39, 0.29) is 61.8 Å². The number of fused-ring (bicyclic) bond motifs is 2. The monoisotopic (exact) mass is 913 g/mol. The molecule has 0 spiro atoms. The van der Waals surface area contributed by atoms with Gasteiger partial charge in [-0.2, -0.15) is 0 Å². The molecule has 4 aliphatic rings. The highest BCUT2D eigenvalue weighted by atomic mass is 79.9. The maximum absolute atomic E-state index is 15.8. The molecule has 4 aliphatic heterocycles. The third-order valence-corrected chi connectivity index (χ3v) is 13.7. The fourth-order valence-corrected chi connectivity index (χ4v) is 9.70.